The Kier molecular flexibility index (Phi) is 5.30. The maximum atomic E-state index is 12.9. The molecule has 0 saturated carbocycles. The van der Waals surface area contributed by atoms with Gasteiger partial charge in [-0.1, -0.05) is 0 Å². The highest BCUT2D eigenvalue weighted by Crippen LogP contribution is 2.24. The third-order valence-corrected chi connectivity index (χ3v) is 5.90. The molecule has 8 nitrogen and oxygen atoms in total. The third-order valence-electron chi connectivity index (χ3n) is 5.90. The van der Waals surface area contributed by atoms with E-state index >= 15 is 0 Å². The number of aryl methyl sites for hydroxylation is 1. The Labute approximate surface area is 179 Å². The highest BCUT2D eigenvalue weighted by molar-refractivity contribution is 5.86. The molecule has 0 N–H and O–H groups in total. The molecule has 0 atom stereocenters. The van der Waals surface area contributed by atoms with E-state index in [-0.39, 0.29) is 11.7 Å². The maximum Gasteiger partial charge on any atom is 0.208 e. The summed E-state index contributed by atoms with van der Waals surface area (Å²) in [4.78, 5) is 28.4. The van der Waals surface area contributed by atoms with Crippen LogP contribution in [0.5, 0.6) is 0 Å². The fourth-order valence-corrected chi connectivity index (χ4v) is 4.16. The minimum Gasteiger partial charge on any atom is -0.448 e. The monoisotopic (exact) mass is 416 g/mol. The predicted molar refractivity (Wildman–Crippen MR) is 115 cm³/mol. The van der Waals surface area contributed by atoms with Gasteiger partial charge in [0.1, 0.15) is 12.0 Å². The number of oxazole rings is 1. The first-order valence-electron chi connectivity index (χ1n) is 10.5. The number of pyridine rings is 2. The van der Waals surface area contributed by atoms with E-state index in [0.717, 1.165) is 59.5 Å². The molecular formula is C23H24N6O2. The smallest absolute Gasteiger partial charge is 0.208 e. The number of carbonyl (C=O) groups is 1. The standard InChI is InChI=1S/C23H24N6O2/c1-28-14-19(12-27-28)18-8-17-9-20(25-13-21(17)26-11-18)10-22(30)16-2-5-29(6-3-16)15-23-24-4-7-31-23/h4,7-9,11-14,16H,2-3,5-6,10,15H2,1H3. The van der Waals surface area contributed by atoms with Gasteiger partial charge in [-0.25, -0.2) is 4.98 Å². The number of hydrogen-bond donors (Lipinski definition) is 0. The van der Waals surface area contributed by atoms with Crippen molar-refractivity contribution in [3.8, 4) is 11.1 Å². The number of aromatic nitrogens is 5. The number of ketones is 1. The Bertz CT molecular complexity index is 1190. The van der Waals surface area contributed by atoms with Gasteiger partial charge in [0.25, 0.3) is 0 Å². The van der Waals surface area contributed by atoms with Gasteiger partial charge in [-0.05, 0) is 38.1 Å². The first-order valence-corrected chi connectivity index (χ1v) is 10.5. The van der Waals surface area contributed by atoms with Crippen LogP contribution in [-0.4, -0.2) is 48.5 Å². The Balaban J connectivity index is 1.24. The Morgan fingerprint density at radius 2 is 1.97 bits per heavy atom. The fourth-order valence-electron chi connectivity index (χ4n) is 4.16. The molecule has 1 fully saturated rings. The summed E-state index contributed by atoms with van der Waals surface area (Å²) in [6.07, 6.45) is 12.7. The molecule has 0 unspecified atom stereocenters. The summed E-state index contributed by atoms with van der Waals surface area (Å²) in [5.74, 6) is 1.07. The minimum atomic E-state index is 0.0816. The highest BCUT2D eigenvalue weighted by atomic mass is 16.3. The molecular weight excluding hydrogens is 392 g/mol. The zero-order chi connectivity index (χ0) is 21.2. The molecule has 0 aliphatic carbocycles. The first-order chi connectivity index (χ1) is 15.1. The Morgan fingerprint density at radius 1 is 1.10 bits per heavy atom. The minimum absolute atomic E-state index is 0.0816. The summed E-state index contributed by atoms with van der Waals surface area (Å²) in [5, 5.41) is 5.21. The number of nitrogens with zero attached hydrogens (tertiary/aromatic N) is 6. The Morgan fingerprint density at radius 3 is 2.71 bits per heavy atom. The van der Waals surface area contributed by atoms with E-state index in [9.17, 15) is 4.79 Å². The largest absolute Gasteiger partial charge is 0.448 e. The summed E-state index contributed by atoms with van der Waals surface area (Å²) < 4.78 is 7.10. The molecule has 0 aromatic carbocycles. The van der Waals surface area contributed by atoms with Gasteiger partial charge in [-0.15, -0.1) is 0 Å². The molecule has 1 aliphatic heterocycles. The van der Waals surface area contributed by atoms with E-state index in [1.165, 1.54) is 0 Å². The van der Waals surface area contributed by atoms with E-state index < -0.39 is 0 Å². The van der Waals surface area contributed by atoms with Crippen LogP contribution < -0.4 is 0 Å². The van der Waals surface area contributed by atoms with Crippen LogP contribution in [0.2, 0.25) is 0 Å². The van der Waals surface area contributed by atoms with Crippen LogP contribution in [0.25, 0.3) is 22.0 Å². The number of piperidine rings is 1. The molecule has 4 aromatic heterocycles. The van der Waals surface area contributed by atoms with E-state index in [0.29, 0.717) is 13.0 Å². The summed E-state index contributed by atoms with van der Waals surface area (Å²) in [7, 11) is 1.89. The van der Waals surface area contributed by atoms with Crippen molar-refractivity contribution in [3.05, 3.63) is 61.0 Å². The number of carbonyl (C=O) groups excluding carboxylic acids is 1. The van der Waals surface area contributed by atoms with Gasteiger partial charge in [0, 0.05) is 54.0 Å². The molecule has 0 bridgehead atoms. The van der Waals surface area contributed by atoms with E-state index in [4.69, 9.17) is 4.42 Å². The maximum absolute atomic E-state index is 12.9. The van der Waals surface area contributed by atoms with Crippen molar-refractivity contribution in [3.63, 3.8) is 0 Å². The number of hydrogen-bond acceptors (Lipinski definition) is 7. The van der Waals surface area contributed by atoms with Crippen molar-refractivity contribution in [2.75, 3.05) is 13.1 Å². The van der Waals surface area contributed by atoms with Crippen molar-refractivity contribution in [2.45, 2.75) is 25.8 Å². The van der Waals surface area contributed by atoms with Crippen molar-refractivity contribution in [2.24, 2.45) is 13.0 Å². The Hall–Kier alpha value is -3.39. The number of fused-ring (bicyclic) bond motifs is 1. The molecule has 158 valence electrons. The second-order valence-corrected chi connectivity index (χ2v) is 8.11. The number of rotatable bonds is 6. The third kappa shape index (κ3) is 4.39. The lowest BCUT2D eigenvalue weighted by Gasteiger charge is -2.30. The van der Waals surface area contributed by atoms with Gasteiger partial charge < -0.3 is 4.42 Å². The average molecular weight is 416 g/mol. The van der Waals surface area contributed by atoms with Crippen LogP contribution in [0.1, 0.15) is 24.4 Å². The van der Waals surface area contributed by atoms with Crippen molar-refractivity contribution in [1.82, 2.24) is 29.6 Å². The molecule has 5 heterocycles. The zero-order valence-electron chi connectivity index (χ0n) is 17.4. The van der Waals surface area contributed by atoms with Crippen LogP contribution in [0.4, 0.5) is 0 Å². The lowest BCUT2D eigenvalue weighted by Crippen LogP contribution is -2.36. The number of Topliss-reactive ketones (excluding diaryl/α,β-unsaturated/α-hetero) is 1. The molecule has 0 amide bonds. The van der Waals surface area contributed by atoms with Gasteiger partial charge in [0.2, 0.25) is 5.89 Å². The van der Waals surface area contributed by atoms with Crippen LogP contribution in [0.15, 0.2) is 53.8 Å². The summed E-state index contributed by atoms with van der Waals surface area (Å²) in [6, 6.07) is 4.06. The molecule has 5 rings (SSSR count). The second kappa shape index (κ2) is 8.39. The predicted octanol–water partition coefficient (Wildman–Crippen LogP) is 3.04. The molecule has 31 heavy (non-hydrogen) atoms. The molecule has 8 heteroatoms. The van der Waals surface area contributed by atoms with E-state index in [1.807, 2.05) is 31.7 Å². The summed E-state index contributed by atoms with van der Waals surface area (Å²) in [5.41, 5.74) is 3.64. The van der Waals surface area contributed by atoms with Gasteiger partial charge >= 0.3 is 0 Å². The quantitative estimate of drug-likeness (QED) is 0.477. The van der Waals surface area contributed by atoms with Gasteiger partial charge in [-0.2, -0.15) is 5.10 Å². The van der Waals surface area contributed by atoms with E-state index in [2.05, 4.69) is 31.0 Å². The summed E-state index contributed by atoms with van der Waals surface area (Å²) >= 11 is 0. The normalized spacial score (nSPS) is 15.5. The van der Waals surface area contributed by atoms with Crippen LogP contribution in [-0.2, 0) is 24.8 Å². The molecule has 0 radical (unpaired) electrons. The van der Waals surface area contributed by atoms with Crippen molar-refractivity contribution in [1.29, 1.82) is 0 Å². The van der Waals surface area contributed by atoms with Crippen molar-refractivity contribution >= 4 is 16.7 Å². The highest BCUT2D eigenvalue weighted by Gasteiger charge is 2.25. The zero-order valence-corrected chi connectivity index (χ0v) is 17.4. The average Bonchev–Trinajstić information content (AvgIpc) is 3.45. The van der Waals surface area contributed by atoms with E-state index in [1.54, 1.807) is 23.3 Å². The van der Waals surface area contributed by atoms with Crippen LogP contribution >= 0.6 is 0 Å². The topological polar surface area (TPSA) is 89.9 Å². The second-order valence-electron chi connectivity index (χ2n) is 8.11. The lowest BCUT2D eigenvalue weighted by atomic mass is 9.90. The first kappa shape index (κ1) is 19.6. The van der Waals surface area contributed by atoms with Crippen LogP contribution in [0, 0.1) is 5.92 Å². The van der Waals surface area contributed by atoms with Gasteiger partial charge in [-0.3, -0.25) is 24.3 Å². The number of likely N-dealkylation sites (tertiary alicyclic amines) is 1. The molecule has 1 saturated heterocycles. The lowest BCUT2D eigenvalue weighted by molar-refractivity contribution is -0.123. The van der Waals surface area contributed by atoms with Gasteiger partial charge in [0.15, 0.2) is 0 Å². The summed E-state index contributed by atoms with van der Waals surface area (Å²) in [6.45, 7) is 2.46. The molecule has 4 aromatic rings. The van der Waals surface area contributed by atoms with Crippen molar-refractivity contribution < 1.29 is 9.21 Å². The fraction of sp³-hybridized carbons (Fsp3) is 0.348. The van der Waals surface area contributed by atoms with Gasteiger partial charge in [0.05, 0.1) is 30.7 Å². The molecule has 0 spiro atoms. The SMILES string of the molecule is Cn1cc(-c2cnc3cnc(CC(=O)C4CCN(Cc5ncco5)CC4)cc3c2)cn1. The molecule has 1 aliphatic rings. The van der Waals surface area contributed by atoms with Crippen LogP contribution in [0.3, 0.4) is 0 Å².